The number of hydrogen-bond acceptors (Lipinski definition) is 5. The molecule has 1 aromatic rings. The quantitative estimate of drug-likeness (QED) is 0.844. The fraction of sp³-hybridized carbons (Fsp3) is 0.733. The van der Waals surface area contributed by atoms with Crippen molar-refractivity contribution in [1.29, 1.82) is 0 Å². The lowest BCUT2D eigenvalue weighted by Crippen LogP contribution is -2.37. The Morgan fingerprint density at radius 3 is 2.90 bits per heavy atom. The molecular weight excluding hydrogens is 256 g/mol. The molecule has 0 radical (unpaired) electrons. The minimum absolute atomic E-state index is 0.0138. The highest BCUT2D eigenvalue weighted by molar-refractivity contribution is 4.99. The lowest BCUT2D eigenvalue weighted by molar-refractivity contribution is -0.197. The van der Waals surface area contributed by atoms with Gasteiger partial charge in [-0.05, 0) is 12.8 Å². The highest BCUT2D eigenvalue weighted by atomic mass is 16.8. The Hall–Kier alpha value is -1.04. The van der Waals surface area contributed by atoms with Crippen molar-refractivity contribution >= 4 is 0 Å². The van der Waals surface area contributed by atoms with Crippen LogP contribution in [0.1, 0.15) is 37.8 Å². The maximum absolute atomic E-state index is 6.22. The minimum Gasteiger partial charge on any atom is -0.378 e. The van der Waals surface area contributed by atoms with E-state index >= 15 is 0 Å². The second-order valence-electron chi connectivity index (χ2n) is 5.61. The highest BCUT2D eigenvalue weighted by Crippen LogP contribution is 2.38. The molecule has 1 aliphatic heterocycles. The molecule has 2 aliphatic rings. The number of methoxy groups -OCH3 is 1. The zero-order chi connectivity index (χ0) is 13.8. The molecule has 1 aromatic heterocycles. The Kier molecular flexibility index (Phi) is 4.29. The fourth-order valence-electron chi connectivity index (χ4n) is 3.12. The van der Waals surface area contributed by atoms with Gasteiger partial charge in [-0.1, -0.05) is 6.42 Å². The van der Waals surface area contributed by atoms with Crippen molar-refractivity contribution in [2.24, 2.45) is 0 Å². The summed E-state index contributed by atoms with van der Waals surface area (Å²) in [5.74, 6) is -0.345. The molecule has 0 bridgehead atoms. The maximum Gasteiger partial charge on any atom is 0.169 e. The van der Waals surface area contributed by atoms with E-state index < -0.39 is 0 Å². The van der Waals surface area contributed by atoms with E-state index in [0.717, 1.165) is 18.5 Å². The maximum atomic E-state index is 6.22. The van der Waals surface area contributed by atoms with Gasteiger partial charge in [0.05, 0.1) is 18.4 Å². The van der Waals surface area contributed by atoms with Crippen LogP contribution in [0.25, 0.3) is 0 Å². The van der Waals surface area contributed by atoms with E-state index in [2.05, 4.69) is 9.97 Å². The Morgan fingerprint density at radius 1 is 1.35 bits per heavy atom. The average molecular weight is 278 g/mol. The van der Waals surface area contributed by atoms with Gasteiger partial charge in [0.25, 0.3) is 0 Å². The first-order valence-electron chi connectivity index (χ1n) is 7.41. The third kappa shape index (κ3) is 3.00. The second kappa shape index (κ2) is 6.16. The van der Waals surface area contributed by atoms with E-state index in [1.54, 1.807) is 25.7 Å². The third-order valence-electron chi connectivity index (χ3n) is 4.24. The molecule has 1 saturated carbocycles. The van der Waals surface area contributed by atoms with Gasteiger partial charge in [-0.25, -0.2) is 0 Å². The van der Waals surface area contributed by atoms with Gasteiger partial charge in [0.2, 0.25) is 0 Å². The van der Waals surface area contributed by atoms with Gasteiger partial charge in [-0.3, -0.25) is 9.97 Å². The molecule has 5 heteroatoms. The van der Waals surface area contributed by atoms with Crippen LogP contribution in [0.15, 0.2) is 18.6 Å². The molecule has 0 amide bonds. The summed E-state index contributed by atoms with van der Waals surface area (Å²) in [6.07, 6.45) is 11.5. The number of rotatable bonds is 4. The van der Waals surface area contributed by atoms with Gasteiger partial charge in [0.15, 0.2) is 5.79 Å². The Balaban J connectivity index is 1.62. The molecule has 5 nitrogen and oxygen atoms in total. The topological polar surface area (TPSA) is 53.5 Å². The Bertz CT molecular complexity index is 420. The van der Waals surface area contributed by atoms with Gasteiger partial charge >= 0.3 is 0 Å². The molecule has 0 N–H and O–H groups in total. The third-order valence-corrected chi connectivity index (χ3v) is 4.24. The SMILES string of the molecule is COC(Cc1cnccn1)[C@H]1COC2(CCCCC2)O1. The zero-order valence-electron chi connectivity index (χ0n) is 12.0. The predicted octanol–water partition coefficient (Wildman–Crippen LogP) is 2.11. The predicted molar refractivity (Wildman–Crippen MR) is 73.2 cm³/mol. The van der Waals surface area contributed by atoms with E-state index in [-0.39, 0.29) is 18.0 Å². The molecule has 0 aromatic carbocycles. The average Bonchev–Trinajstić information content (AvgIpc) is 2.90. The molecule has 2 atom stereocenters. The summed E-state index contributed by atoms with van der Waals surface area (Å²) in [5, 5.41) is 0. The summed E-state index contributed by atoms with van der Waals surface area (Å²) < 4.78 is 17.8. The van der Waals surface area contributed by atoms with Crippen LogP contribution in [0.5, 0.6) is 0 Å². The second-order valence-corrected chi connectivity index (χ2v) is 5.61. The van der Waals surface area contributed by atoms with Crippen molar-refractivity contribution in [1.82, 2.24) is 9.97 Å². The largest absolute Gasteiger partial charge is 0.378 e. The van der Waals surface area contributed by atoms with Crippen LogP contribution >= 0.6 is 0 Å². The van der Waals surface area contributed by atoms with Gasteiger partial charge in [-0.2, -0.15) is 0 Å². The summed E-state index contributed by atoms with van der Waals surface area (Å²) in [7, 11) is 1.72. The Labute approximate surface area is 119 Å². The van der Waals surface area contributed by atoms with Crippen LogP contribution in [0, 0.1) is 0 Å². The van der Waals surface area contributed by atoms with Crippen molar-refractivity contribution in [3.05, 3.63) is 24.3 Å². The lowest BCUT2D eigenvalue weighted by atomic mass is 9.94. The van der Waals surface area contributed by atoms with Crippen LogP contribution < -0.4 is 0 Å². The molecule has 3 rings (SSSR count). The molecular formula is C15H22N2O3. The molecule has 2 heterocycles. The van der Waals surface area contributed by atoms with E-state index in [0.29, 0.717) is 13.0 Å². The molecule has 1 saturated heterocycles. The normalized spacial score (nSPS) is 26.8. The van der Waals surface area contributed by atoms with E-state index in [9.17, 15) is 0 Å². The van der Waals surface area contributed by atoms with Crippen LogP contribution in [0.4, 0.5) is 0 Å². The lowest BCUT2D eigenvalue weighted by Gasteiger charge is -2.32. The molecule has 1 aliphatic carbocycles. The first-order valence-corrected chi connectivity index (χ1v) is 7.41. The van der Waals surface area contributed by atoms with Crippen LogP contribution in [-0.4, -0.2) is 41.7 Å². The molecule has 1 spiro atoms. The molecule has 2 fully saturated rings. The molecule has 20 heavy (non-hydrogen) atoms. The van der Waals surface area contributed by atoms with Crippen molar-refractivity contribution < 1.29 is 14.2 Å². The van der Waals surface area contributed by atoms with Gasteiger partial charge in [0, 0.05) is 45.0 Å². The summed E-state index contributed by atoms with van der Waals surface area (Å²) in [6, 6.07) is 0. The molecule has 1 unspecified atom stereocenters. The van der Waals surface area contributed by atoms with Crippen molar-refractivity contribution in [2.45, 2.75) is 56.5 Å². The van der Waals surface area contributed by atoms with Gasteiger partial charge in [-0.15, -0.1) is 0 Å². The van der Waals surface area contributed by atoms with Crippen LogP contribution in [-0.2, 0) is 20.6 Å². The number of aromatic nitrogens is 2. The first-order chi connectivity index (χ1) is 9.81. The Morgan fingerprint density at radius 2 is 2.20 bits per heavy atom. The van der Waals surface area contributed by atoms with Crippen molar-refractivity contribution in [3.8, 4) is 0 Å². The fourth-order valence-corrected chi connectivity index (χ4v) is 3.12. The highest BCUT2D eigenvalue weighted by Gasteiger charge is 2.44. The van der Waals surface area contributed by atoms with Gasteiger partial charge < -0.3 is 14.2 Å². The van der Waals surface area contributed by atoms with E-state index in [1.165, 1.54) is 19.3 Å². The smallest absolute Gasteiger partial charge is 0.169 e. The zero-order valence-corrected chi connectivity index (χ0v) is 12.0. The standard InChI is InChI=1S/C15H22N2O3/c1-18-13(9-12-10-16-7-8-17-12)14-11-19-15(20-14)5-3-2-4-6-15/h7-8,10,13-14H,2-6,9,11H2,1H3/t13?,14-/m1/s1. The first kappa shape index (κ1) is 13.9. The van der Waals surface area contributed by atoms with Crippen molar-refractivity contribution in [2.75, 3.05) is 13.7 Å². The summed E-state index contributed by atoms with van der Waals surface area (Å²) in [5.41, 5.74) is 0.924. The summed E-state index contributed by atoms with van der Waals surface area (Å²) in [6.45, 7) is 0.610. The summed E-state index contributed by atoms with van der Waals surface area (Å²) in [4.78, 5) is 8.39. The van der Waals surface area contributed by atoms with Crippen molar-refractivity contribution in [3.63, 3.8) is 0 Å². The van der Waals surface area contributed by atoms with Crippen LogP contribution in [0.2, 0.25) is 0 Å². The summed E-state index contributed by atoms with van der Waals surface area (Å²) >= 11 is 0. The molecule has 110 valence electrons. The number of ether oxygens (including phenoxy) is 3. The van der Waals surface area contributed by atoms with E-state index in [1.807, 2.05) is 0 Å². The minimum atomic E-state index is -0.345. The van der Waals surface area contributed by atoms with Crippen LogP contribution in [0.3, 0.4) is 0 Å². The number of nitrogens with zero attached hydrogens (tertiary/aromatic N) is 2. The van der Waals surface area contributed by atoms with Gasteiger partial charge in [0.1, 0.15) is 6.10 Å². The monoisotopic (exact) mass is 278 g/mol. The number of hydrogen-bond donors (Lipinski definition) is 0. The van der Waals surface area contributed by atoms with E-state index in [4.69, 9.17) is 14.2 Å².